The van der Waals surface area contributed by atoms with Crippen LogP contribution in [0.4, 0.5) is 0 Å². The molecule has 0 aromatic rings. The fraction of sp³-hybridized carbons (Fsp3) is 0.818. The van der Waals surface area contributed by atoms with Crippen molar-refractivity contribution in [1.82, 2.24) is 9.80 Å². The van der Waals surface area contributed by atoms with Crippen LogP contribution in [0, 0.1) is 0 Å². The molecule has 0 saturated carbocycles. The van der Waals surface area contributed by atoms with E-state index in [9.17, 15) is 9.59 Å². The monoisotopic (exact) mass is 228 g/mol. The number of hydrogen-bond acceptors (Lipinski definition) is 3. The Labute approximate surface area is 96.0 Å². The Morgan fingerprint density at radius 1 is 1.25 bits per heavy atom. The molecule has 1 saturated heterocycles. The summed E-state index contributed by atoms with van der Waals surface area (Å²) in [5, 5.41) is 9.10. The van der Waals surface area contributed by atoms with E-state index in [0.29, 0.717) is 19.5 Å². The zero-order chi connectivity index (χ0) is 12.1. The van der Waals surface area contributed by atoms with Gasteiger partial charge in [0.1, 0.15) is 0 Å². The zero-order valence-corrected chi connectivity index (χ0v) is 9.98. The molecule has 16 heavy (non-hydrogen) atoms. The maximum absolute atomic E-state index is 11.7. The van der Waals surface area contributed by atoms with E-state index in [4.69, 9.17) is 5.11 Å². The first kappa shape index (κ1) is 13.0. The standard InChI is InChI=1S/C11H20N2O3/c1-3-12-7-11(16)13(8-10(12)15)6-4-5-9(2)14/h9,14H,3-8H2,1-2H3. The lowest BCUT2D eigenvalue weighted by Gasteiger charge is -2.33. The van der Waals surface area contributed by atoms with Crippen LogP contribution < -0.4 is 0 Å². The molecule has 1 N–H and O–H groups in total. The zero-order valence-electron chi connectivity index (χ0n) is 9.98. The number of aliphatic hydroxyl groups is 1. The lowest BCUT2D eigenvalue weighted by atomic mass is 10.2. The fourth-order valence-corrected chi connectivity index (χ4v) is 1.77. The smallest absolute Gasteiger partial charge is 0.242 e. The van der Waals surface area contributed by atoms with E-state index >= 15 is 0 Å². The van der Waals surface area contributed by atoms with E-state index in [1.165, 1.54) is 0 Å². The highest BCUT2D eigenvalue weighted by Gasteiger charge is 2.28. The first-order chi connectivity index (χ1) is 7.54. The highest BCUT2D eigenvalue weighted by atomic mass is 16.3. The average Bonchev–Trinajstić information content (AvgIpc) is 2.22. The molecule has 0 bridgehead atoms. The summed E-state index contributed by atoms with van der Waals surface area (Å²) >= 11 is 0. The Morgan fingerprint density at radius 2 is 1.81 bits per heavy atom. The number of amides is 2. The third kappa shape index (κ3) is 3.48. The molecule has 1 heterocycles. The number of rotatable bonds is 5. The Hall–Kier alpha value is -1.10. The second-order valence-corrected chi connectivity index (χ2v) is 4.21. The van der Waals surface area contributed by atoms with E-state index in [1.54, 1.807) is 16.7 Å². The first-order valence-electron chi connectivity index (χ1n) is 5.78. The normalized spacial score (nSPS) is 19.2. The summed E-state index contributed by atoms with van der Waals surface area (Å²) in [6, 6.07) is 0. The fourth-order valence-electron chi connectivity index (χ4n) is 1.77. The van der Waals surface area contributed by atoms with E-state index in [-0.39, 0.29) is 31.0 Å². The van der Waals surface area contributed by atoms with Gasteiger partial charge in [-0.2, -0.15) is 0 Å². The highest BCUT2D eigenvalue weighted by molar-refractivity contribution is 5.92. The van der Waals surface area contributed by atoms with Crippen molar-refractivity contribution in [2.75, 3.05) is 26.2 Å². The second-order valence-electron chi connectivity index (χ2n) is 4.21. The molecule has 0 aliphatic carbocycles. The topological polar surface area (TPSA) is 60.9 Å². The lowest BCUT2D eigenvalue weighted by Crippen LogP contribution is -2.53. The van der Waals surface area contributed by atoms with Crippen LogP contribution in [0.5, 0.6) is 0 Å². The maximum Gasteiger partial charge on any atom is 0.242 e. The van der Waals surface area contributed by atoms with Crippen molar-refractivity contribution in [3.05, 3.63) is 0 Å². The summed E-state index contributed by atoms with van der Waals surface area (Å²) in [6.45, 7) is 5.13. The summed E-state index contributed by atoms with van der Waals surface area (Å²) in [5.74, 6) is 0.0196. The van der Waals surface area contributed by atoms with Gasteiger partial charge in [0.25, 0.3) is 0 Å². The summed E-state index contributed by atoms with van der Waals surface area (Å²) in [6.07, 6.45) is 1.06. The summed E-state index contributed by atoms with van der Waals surface area (Å²) < 4.78 is 0. The Balaban J connectivity index is 2.38. The average molecular weight is 228 g/mol. The van der Waals surface area contributed by atoms with Crippen molar-refractivity contribution in [2.45, 2.75) is 32.8 Å². The van der Waals surface area contributed by atoms with E-state index in [1.807, 2.05) is 6.92 Å². The van der Waals surface area contributed by atoms with Crippen LogP contribution in [-0.4, -0.2) is 59.0 Å². The Kier molecular flexibility index (Phi) is 4.73. The number of carbonyl (C=O) groups excluding carboxylic acids is 2. The second kappa shape index (κ2) is 5.84. The van der Waals surface area contributed by atoms with Gasteiger partial charge < -0.3 is 14.9 Å². The molecule has 92 valence electrons. The molecule has 5 nitrogen and oxygen atoms in total. The summed E-state index contributed by atoms with van der Waals surface area (Å²) in [7, 11) is 0. The molecule has 0 aromatic carbocycles. The predicted molar refractivity (Wildman–Crippen MR) is 59.7 cm³/mol. The van der Waals surface area contributed by atoms with Gasteiger partial charge in [-0.15, -0.1) is 0 Å². The molecule has 0 radical (unpaired) electrons. The number of hydrogen-bond donors (Lipinski definition) is 1. The quantitative estimate of drug-likeness (QED) is 0.711. The number of nitrogens with zero attached hydrogens (tertiary/aromatic N) is 2. The summed E-state index contributed by atoms with van der Waals surface area (Å²) in [4.78, 5) is 26.4. The molecular weight excluding hydrogens is 208 g/mol. The number of aliphatic hydroxyl groups excluding tert-OH is 1. The van der Waals surface area contributed by atoms with Gasteiger partial charge in [0.2, 0.25) is 11.8 Å². The van der Waals surface area contributed by atoms with Crippen LogP contribution in [-0.2, 0) is 9.59 Å². The molecule has 1 aliphatic rings. The largest absolute Gasteiger partial charge is 0.393 e. The molecule has 0 spiro atoms. The third-order valence-electron chi connectivity index (χ3n) is 2.79. The number of piperazine rings is 1. The molecule has 1 aliphatic heterocycles. The lowest BCUT2D eigenvalue weighted by molar-refractivity contribution is -0.149. The van der Waals surface area contributed by atoms with Crippen LogP contribution in [0.15, 0.2) is 0 Å². The van der Waals surface area contributed by atoms with E-state index in [0.717, 1.165) is 6.42 Å². The minimum absolute atomic E-state index is 0.00652. The van der Waals surface area contributed by atoms with Gasteiger partial charge in [-0.3, -0.25) is 9.59 Å². The number of carbonyl (C=O) groups is 2. The van der Waals surface area contributed by atoms with Crippen molar-refractivity contribution < 1.29 is 14.7 Å². The molecule has 0 aromatic heterocycles. The first-order valence-corrected chi connectivity index (χ1v) is 5.78. The van der Waals surface area contributed by atoms with Crippen molar-refractivity contribution in [1.29, 1.82) is 0 Å². The Morgan fingerprint density at radius 3 is 2.38 bits per heavy atom. The van der Waals surface area contributed by atoms with Crippen LogP contribution in [0.2, 0.25) is 0 Å². The van der Waals surface area contributed by atoms with Gasteiger partial charge in [-0.1, -0.05) is 0 Å². The van der Waals surface area contributed by atoms with Crippen molar-refractivity contribution >= 4 is 11.8 Å². The van der Waals surface area contributed by atoms with E-state index in [2.05, 4.69) is 0 Å². The van der Waals surface area contributed by atoms with Crippen molar-refractivity contribution in [3.8, 4) is 0 Å². The van der Waals surface area contributed by atoms with Crippen molar-refractivity contribution in [2.24, 2.45) is 0 Å². The molecular formula is C11H20N2O3. The van der Waals surface area contributed by atoms with Gasteiger partial charge in [0.15, 0.2) is 0 Å². The van der Waals surface area contributed by atoms with Crippen LogP contribution in [0.25, 0.3) is 0 Å². The number of likely N-dealkylation sites (N-methyl/N-ethyl adjacent to an activating group) is 1. The molecule has 2 amide bonds. The molecule has 1 fully saturated rings. The van der Waals surface area contributed by atoms with Crippen LogP contribution in [0.1, 0.15) is 26.7 Å². The van der Waals surface area contributed by atoms with Gasteiger partial charge in [-0.05, 0) is 26.7 Å². The third-order valence-corrected chi connectivity index (χ3v) is 2.79. The SMILES string of the molecule is CCN1CC(=O)N(CCCC(C)O)CC1=O. The van der Waals surface area contributed by atoms with Gasteiger partial charge in [0, 0.05) is 13.1 Å². The molecule has 5 heteroatoms. The van der Waals surface area contributed by atoms with Gasteiger partial charge in [-0.25, -0.2) is 0 Å². The van der Waals surface area contributed by atoms with Gasteiger partial charge in [0.05, 0.1) is 19.2 Å². The van der Waals surface area contributed by atoms with Crippen molar-refractivity contribution in [3.63, 3.8) is 0 Å². The molecule has 1 atom stereocenters. The summed E-state index contributed by atoms with van der Waals surface area (Å²) in [5.41, 5.74) is 0. The predicted octanol–water partition coefficient (Wildman–Crippen LogP) is -0.162. The van der Waals surface area contributed by atoms with Gasteiger partial charge >= 0.3 is 0 Å². The Bertz CT molecular complexity index is 266. The highest BCUT2D eigenvalue weighted by Crippen LogP contribution is 2.07. The maximum atomic E-state index is 11.7. The van der Waals surface area contributed by atoms with E-state index < -0.39 is 0 Å². The van der Waals surface area contributed by atoms with Crippen LogP contribution >= 0.6 is 0 Å². The molecule has 1 unspecified atom stereocenters. The molecule has 1 rings (SSSR count). The minimum Gasteiger partial charge on any atom is -0.393 e. The van der Waals surface area contributed by atoms with Crippen LogP contribution in [0.3, 0.4) is 0 Å². The minimum atomic E-state index is -0.345.